The molecule has 0 radical (unpaired) electrons. The molecule has 0 aliphatic carbocycles. The Morgan fingerprint density at radius 2 is 2.05 bits per heavy atom. The number of hydrogen-bond donors (Lipinski definition) is 2. The largest absolute Gasteiger partial charge is 0.329 e. The molecule has 0 bridgehead atoms. The van der Waals surface area contributed by atoms with E-state index in [0.29, 0.717) is 6.41 Å². The zero-order valence-electron chi connectivity index (χ0n) is 10.4. The van der Waals surface area contributed by atoms with Gasteiger partial charge in [0, 0.05) is 28.4 Å². The van der Waals surface area contributed by atoms with Crippen molar-refractivity contribution < 1.29 is 4.79 Å². The third-order valence-electron chi connectivity index (χ3n) is 2.73. The molecular formula is C15H10N4O. The quantitative estimate of drug-likeness (QED) is 0.547. The number of pyridine rings is 1. The summed E-state index contributed by atoms with van der Waals surface area (Å²) in [5.41, 5.74) is 3.10. The Hall–Kier alpha value is -3.13. The minimum Gasteiger partial charge on any atom is -0.329 e. The van der Waals surface area contributed by atoms with Gasteiger partial charge in [-0.2, -0.15) is 5.10 Å². The average Bonchev–Trinajstić information content (AvgIpc) is 2.93. The summed E-state index contributed by atoms with van der Waals surface area (Å²) in [6, 6.07) is 9.26. The second-order valence-electron chi connectivity index (χ2n) is 4.12. The van der Waals surface area contributed by atoms with E-state index >= 15 is 0 Å². The maximum Gasteiger partial charge on any atom is 0.211 e. The number of carbonyl (C=O) groups is 1. The highest BCUT2D eigenvalue weighted by Crippen LogP contribution is 2.10. The molecule has 1 aromatic carbocycles. The molecule has 3 aromatic rings. The maximum atomic E-state index is 10.4. The number of nitrogens with one attached hydrogen (secondary N) is 2. The molecule has 2 heterocycles. The van der Waals surface area contributed by atoms with Gasteiger partial charge in [-0.3, -0.25) is 9.89 Å². The summed E-state index contributed by atoms with van der Waals surface area (Å²) in [6.45, 7) is 0. The number of aromatic nitrogens is 3. The van der Waals surface area contributed by atoms with Crippen LogP contribution in [-0.4, -0.2) is 21.6 Å². The van der Waals surface area contributed by atoms with Crippen molar-refractivity contribution in [1.82, 2.24) is 15.2 Å². The number of benzene rings is 1. The molecule has 5 heteroatoms. The van der Waals surface area contributed by atoms with E-state index in [1.807, 2.05) is 24.3 Å². The topological polar surface area (TPSA) is 70.7 Å². The highest BCUT2D eigenvalue weighted by Gasteiger charge is 1.97. The van der Waals surface area contributed by atoms with Crippen LogP contribution < -0.4 is 5.32 Å². The lowest BCUT2D eigenvalue weighted by atomic mass is 10.2. The van der Waals surface area contributed by atoms with Gasteiger partial charge >= 0.3 is 0 Å². The van der Waals surface area contributed by atoms with Gasteiger partial charge < -0.3 is 5.32 Å². The maximum absolute atomic E-state index is 10.4. The zero-order chi connectivity index (χ0) is 13.8. The Morgan fingerprint density at radius 3 is 2.95 bits per heavy atom. The van der Waals surface area contributed by atoms with E-state index in [1.165, 1.54) is 0 Å². The molecule has 0 atom stereocenters. The molecule has 96 valence electrons. The Balaban J connectivity index is 1.90. The number of amides is 1. The second-order valence-corrected chi connectivity index (χ2v) is 4.12. The summed E-state index contributed by atoms with van der Waals surface area (Å²) >= 11 is 0. The van der Waals surface area contributed by atoms with Crippen molar-refractivity contribution in [3.05, 3.63) is 53.9 Å². The average molecular weight is 262 g/mol. The van der Waals surface area contributed by atoms with Crippen molar-refractivity contribution in [1.29, 1.82) is 0 Å². The van der Waals surface area contributed by atoms with Crippen LogP contribution in [0.25, 0.3) is 11.0 Å². The molecule has 0 saturated carbocycles. The molecule has 2 N–H and O–H groups in total. The Kier molecular flexibility index (Phi) is 3.13. The predicted octanol–water partition coefficient (Wildman–Crippen LogP) is 1.93. The molecular weight excluding hydrogens is 252 g/mol. The van der Waals surface area contributed by atoms with Crippen LogP contribution in [0.5, 0.6) is 0 Å². The van der Waals surface area contributed by atoms with Crippen molar-refractivity contribution in [3.8, 4) is 11.8 Å². The van der Waals surface area contributed by atoms with E-state index in [9.17, 15) is 4.79 Å². The summed E-state index contributed by atoms with van der Waals surface area (Å²) in [6.07, 6.45) is 4.05. The molecule has 3 rings (SSSR count). The molecule has 0 spiro atoms. The summed E-state index contributed by atoms with van der Waals surface area (Å²) in [7, 11) is 0. The predicted molar refractivity (Wildman–Crippen MR) is 76.0 cm³/mol. The van der Waals surface area contributed by atoms with E-state index < -0.39 is 0 Å². The number of H-pyrrole nitrogens is 1. The smallest absolute Gasteiger partial charge is 0.211 e. The van der Waals surface area contributed by atoms with Gasteiger partial charge in [-0.1, -0.05) is 17.9 Å². The standard InChI is InChI=1S/C15H10N4O/c20-10-17-14-3-1-2-11(7-14)4-5-12-6-13-9-18-19-15(13)16-8-12/h1-3,6-10H,(H,17,20)(H,16,18,19). The van der Waals surface area contributed by atoms with Crippen molar-refractivity contribution in [2.24, 2.45) is 0 Å². The SMILES string of the molecule is O=CNc1cccc(C#Cc2cnc3[nH]ncc3c2)c1. The number of nitrogens with zero attached hydrogens (tertiary/aromatic N) is 2. The number of aromatic amines is 1. The highest BCUT2D eigenvalue weighted by molar-refractivity contribution is 5.75. The fraction of sp³-hybridized carbons (Fsp3) is 0. The lowest BCUT2D eigenvalue weighted by Crippen LogP contribution is -1.93. The lowest BCUT2D eigenvalue weighted by molar-refractivity contribution is -0.105. The van der Waals surface area contributed by atoms with Crippen molar-refractivity contribution in [2.75, 3.05) is 5.32 Å². The Morgan fingerprint density at radius 1 is 1.15 bits per heavy atom. The molecule has 2 aromatic heterocycles. The van der Waals surface area contributed by atoms with Gasteiger partial charge in [0.1, 0.15) is 0 Å². The molecule has 0 fully saturated rings. The Bertz CT molecular complexity index is 826. The van der Waals surface area contributed by atoms with Crippen LogP contribution in [0.3, 0.4) is 0 Å². The summed E-state index contributed by atoms with van der Waals surface area (Å²) in [4.78, 5) is 14.6. The molecule has 0 aliphatic rings. The van der Waals surface area contributed by atoms with Crippen LogP contribution >= 0.6 is 0 Å². The van der Waals surface area contributed by atoms with E-state index in [-0.39, 0.29) is 0 Å². The van der Waals surface area contributed by atoms with Crippen molar-refractivity contribution in [2.45, 2.75) is 0 Å². The molecule has 0 aliphatic heterocycles. The number of fused-ring (bicyclic) bond motifs is 1. The van der Waals surface area contributed by atoms with Gasteiger partial charge in [-0.05, 0) is 24.3 Å². The molecule has 1 amide bonds. The minimum atomic E-state index is 0.642. The van der Waals surface area contributed by atoms with Gasteiger partial charge in [0.25, 0.3) is 0 Å². The van der Waals surface area contributed by atoms with Crippen LogP contribution in [0.1, 0.15) is 11.1 Å². The van der Waals surface area contributed by atoms with Crippen LogP contribution in [0.2, 0.25) is 0 Å². The molecule has 20 heavy (non-hydrogen) atoms. The zero-order valence-corrected chi connectivity index (χ0v) is 10.4. The summed E-state index contributed by atoms with van der Waals surface area (Å²) < 4.78 is 0. The van der Waals surface area contributed by atoms with Gasteiger partial charge in [-0.15, -0.1) is 0 Å². The number of carbonyl (C=O) groups excluding carboxylic acids is 1. The van der Waals surface area contributed by atoms with Crippen LogP contribution in [0.15, 0.2) is 42.7 Å². The second kappa shape index (κ2) is 5.24. The van der Waals surface area contributed by atoms with Crippen LogP contribution in [0, 0.1) is 11.8 Å². The number of hydrogen-bond acceptors (Lipinski definition) is 3. The molecule has 0 unspecified atom stereocenters. The first-order valence-corrected chi connectivity index (χ1v) is 5.96. The van der Waals surface area contributed by atoms with E-state index in [1.54, 1.807) is 18.5 Å². The summed E-state index contributed by atoms with van der Waals surface area (Å²) in [5.74, 6) is 6.08. The van der Waals surface area contributed by atoms with Crippen molar-refractivity contribution >= 4 is 23.1 Å². The van der Waals surface area contributed by atoms with Gasteiger partial charge in [0.15, 0.2) is 5.65 Å². The normalized spacial score (nSPS) is 9.80. The fourth-order valence-electron chi connectivity index (χ4n) is 1.80. The highest BCUT2D eigenvalue weighted by atomic mass is 16.1. The fourth-order valence-corrected chi connectivity index (χ4v) is 1.80. The number of anilines is 1. The first-order chi connectivity index (χ1) is 9.85. The van der Waals surface area contributed by atoms with E-state index in [2.05, 4.69) is 32.3 Å². The molecule has 5 nitrogen and oxygen atoms in total. The minimum absolute atomic E-state index is 0.642. The summed E-state index contributed by atoms with van der Waals surface area (Å²) in [5, 5.41) is 10.2. The number of rotatable bonds is 2. The van der Waals surface area contributed by atoms with Crippen LogP contribution in [0.4, 0.5) is 5.69 Å². The van der Waals surface area contributed by atoms with Crippen LogP contribution in [-0.2, 0) is 4.79 Å². The first kappa shape index (κ1) is 11.9. The van der Waals surface area contributed by atoms with Gasteiger partial charge in [0.2, 0.25) is 6.41 Å². The molecule has 0 saturated heterocycles. The monoisotopic (exact) mass is 262 g/mol. The van der Waals surface area contributed by atoms with Crippen molar-refractivity contribution in [3.63, 3.8) is 0 Å². The Labute approximate surface area is 115 Å². The third-order valence-corrected chi connectivity index (χ3v) is 2.73. The van der Waals surface area contributed by atoms with Gasteiger partial charge in [-0.25, -0.2) is 4.98 Å². The lowest BCUT2D eigenvalue weighted by Gasteiger charge is -1.97. The van der Waals surface area contributed by atoms with E-state index in [0.717, 1.165) is 27.8 Å². The van der Waals surface area contributed by atoms with Gasteiger partial charge in [0.05, 0.1) is 6.20 Å². The van der Waals surface area contributed by atoms with E-state index in [4.69, 9.17) is 0 Å². The third kappa shape index (κ3) is 2.49. The first-order valence-electron chi connectivity index (χ1n) is 5.96.